The number of nitrogens with two attached hydrogens (primary N) is 1. The normalized spacial score (nSPS) is 12.4. The molecule has 1 aromatic heterocycles. The zero-order chi connectivity index (χ0) is 20.6. The summed E-state index contributed by atoms with van der Waals surface area (Å²) in [6.07, 6.45) is 0. The Balaban J connectivity index is 1.53. The maximum atomic E-state index is 12.2. The van der Waals surface area contributed by atoms with Crippen LogP contribution in [0.1, 0.15) is 31.0 Å². The summed E-state index contributed by atoms with van der Waals surface area (Å²) in [5.74, 6) is 6.38. The van der Waals surface area contributed by atoms with Gasteiger partial charge in [0.25, 0.3) is 5.95 Å². The van der Waals surface area contributed by atoms with Crippen LogP contribution in [0.4, 0.5) is 5.95 Å². The van der Waals surface area contributed by atoms with Crippen molar-refractivity contribution < 1.29 is 4.79 Å². The number of hydrogen-bond acceptors (Lipinski definition) is 7. The van der Waals surface area contributed by atoms with Crippen molar-refractivity contribution in [2.75, 3.05) is 17.0 Å². The fourth-order valence-corrected chi connectivity index (χ4v) is 3.24. The van der Waals surface area contributed by atoms with E-state index in [-0.39, 0.29) is 17.7 Å². The van der Waals surface area contributed by atoms with Crippen LogP contribution in [0.15, 0.2) is 70.9 Å². The maximum Gasteiger partial charge on any atom is 0.264 e. The van der Waals surface area contributed by atoms with E-state index < -0.39 is 0 Å². The van der Waals surface area contributed by atoms with Gasteiger partial charge in [0, 0.05) is 0 Å². The third-order valence-corrected chi connectivity index (χ3v) is 5.13. The Labute approximate surface area is 173 Å². The molecule has 3 rings (SSSR count). The van der Waals surface area contributed by atoms with E-state index in [0.29, 0.717) is 11.1 Å². The van der Waals surface area contributed by atoms with Gasteiger partial charge in [-0.3, -0.25) is 4.79 Å². The van der Waals surface area contributed by atoms with Crippen LogP contribution in [0.25, 0.3) is 0 Å². The standard InChI is InChI=1S/C20H23N7OS/c1-14(16-9-5-3-6-10-16)22-18(28)13-29-20-26-25-19(27(20)21)24-23-15(2)17-11-7-4-8-12-17/h3-12,14H,13,21H2,1-2H3,(H,22,28)(H,24,25)/b23-15+. The average molecular weight is 410 g/mol. The molecule has 0 aliphatic heterocycles. The molecule has 4 N–H and O–H groups in total. The van der Waals surface area contributed by atoms with Gasteiger partial charge in [-0.25, -0.2) is 10.1 Å². The highest BCUT2D eigenvalue weighted by Crippen LogP contribution is 2.17. The van der Waals surface area contributed by atoms with Gasteiger partial charge >= 0.3 is 0 Å². The lowest BCUT2D eigenvalue weighted by atomic mass is 10.1. The summed E-state index contributed by atoms with van der Waals surface area (Å²) in [5.41, 5.74) is 5.64. The van der Waals surface area contributed by atoms with E-state index in [1.165, 1.54) is 16.4 Å². The molecule has 8 nitrogen and oxygen atoms in total. The van der Waals surface area contributed by atoms with Gasteiger partial charge in [0.15, 0.2) is 0 Å². The number of hydrazone groups is 1. The summed E-state index contributed by atoms with van der Waals surface area (Å²) < 4.78 is 1.28. The number of hydrogen-bond donors (Lipinski definition) is 3. The molecule has 9 heteroatoms. The van der Waals surface area contributed by atoms with Crippen molar-refractivity contribution in [3.63, 3.8) is 0 Å². The van der Waals surface area contributed by atoms with Crippen LogP contribution in [0, 0.1) is 0 Å². The monoisotopic (exact) mass is 409 g/mol. The molecule has 0 aliphatic carbocycles. The molecule has 1 unspecified atom stereocenters. The molecule has 3 aromatic rings. The van der Waals surface area contributed by atoms with Gasteiger partial charge in [-0.15, -0.1) is 10.2 Å². The largest absolute Gasteiger partial charge is 0.349 e. The molecular formula is C20H23N7OS. The fraction of sp³-hybridized carbons (Fsp3) is 0.200. The summed E-state index contributed by atoms with van der Waals surface area (Å²) in [7, 11) is 0. The first-order valence-corrected chi connectivity index (χ1v) is 10.1. The lowest BCUT2D eigenvalue weighted by molar-refractivity contribution is -0.119. The van der Waals surface area contributed by atoms with Crippen LogP contribution < -0.4 is 16.6 Å². The highest BCUT2D eigenvalue weighted by Gasteiger charge is 2.14. The number of rotatable bonds is 8. The predicted octanol–water partition coefficient (Wildman–Crippen LogP) is 2.80. The number of carbonyl (C=O) groups excluding carboxylic acids is 1. The Bertz CT molecular complexity index is 973. The molecule has 0 radical (unpaired) electrons. The van der Waals surface area contributed by atoms with E-state index in [1.807, 2.05) is 74.5 Å². The SMILES string of the molecule is C/C(=N\Nc1nnc(SCC(=O)NC(C)c2ccccc2)n1N)c1ccccc1. The van der Waals surface area contributed by atoms with Gasteiger partial charge < -0.3 is 11.2 Å². The minimum Gasteiger partial charge on any atom is -0.349 e. The molecule has 150 valence electrons. The van der Waals surface area contributed by atoms with Gasteiger partial charge in [0.2, 0.25) is 11.1 Å². The van der Waals surface area contributed by atoms with E-state index in [9.17, 15) is 4.79 Å². The third kappa shape index (κ3) is 5.58. The lowest BCUT2D eigenvalue weighted by Gasteiger charge is -2.13. The second-order valence-corrected chi connectivity index (χ2v) is 7.28. The number of carbonyl (C=O) groups is 1. The molecule has 0 saturated carbocycles. The lowest BCUT2D eigenvalue weighted by Crippen LogP contribution is -2.28. The van der Waals surface area contributed by atoms with Crippen LogP contribution in [0.3, 0.4) is 0 Å². The Hall–Kier alpha value is -3.33. The van der Waals surface area contributed by atoms with Crippen molar-refractivity contribution in [3.8, 4) is 0 Å². The first-order chi connectivity index (χ1) is 14.0. The van der Waals surface area contributed by atoms with Crippen molar-refractivity contribution >= 4 is 29.3 Å². The minimum absolute atomic E-state index is 0.0763. The van der Waals surface area contributed by atoms with Crippen LogP contribution in [0.2, 0.25) is 0 Å². The molecule has 0 aliphatic rings. The van der Waals surface area contributed by atoms with Gasteiger partial charge in [0.1, 0.15) is 0 Å². The van der Waals surface area contributed by atoms with E-state index >= 15 is 0 Å². The molecule has 1 heterocycles. The van der Waals surface area contributed by atoms with E-state index in [1.54, 1.807) is 0 Å². The molecule has 0 fully saturated rings. The Morgan fingerprint density at radius 2 is 1.79 bits per heavy atom. The molecule has 29 heavy (non-hydrogen) atoms. The summed E-state index contributed by atoms with van der Waals surface area (Å²) in [6, 6.07) is 19.5. The number of benzene rings is 2. The smallest absolute Gasteiger partial charge is 0.264 e. The molecule has 0 bridgehead atoms. The van der Waals surface area contributed by atoms with Crippen molar-refractivity contribution in [1.82, 2.24) is 20.2 Å². The van der Waals surface area contributed by atoms with Crippen molar-refractivity contribution in [2.24, 2.45) is 5.10 Å². The Morgan fingerprint density at radius 1 is 1.14 bits per heavy atom. The molecule has 0 saturated heterocycles. The van der Waals surface area contributed by atoms with E-state index in [0.717, 1.165) is 16.8 Å². The Morgan fingerprint density at radius 3 is 2.48 bits per heavy atom. The van der Waals surface area contributed by atoms with Crippen LogP contribution >= 0.6 is 11.8 Å². The highest BCUT2D eigenvalue weighted by molar-refractivity contribution is 7.99. The number of aromatic nitrogens is 3. The van der Waals surface area contributed by atoms with Crippen molar-refractivity contribution in [3.05, 3.63) is 71.8 Å². The molecule has 1 amide bonds. The molecular weight excluding hydrogens is 386 g/mol. The Kier molecular flexibility index (Phi) is 6.85. The summed E-state index contributed by atoms with van der Waals surface area (Å²) >= 11 is 1.21. The number of nitrogen functional groups attached to an aromatic ring is 1. The minimum atomic E-state index is -0.109. The van der Waals surface area contributed by atoms with Crippen LogP contribution in [0.5, 0.6) is 0 Å². The summed E-state index contributed by atoms with van der Waals surface area (Å²) in [5, 5.41) is 15.7. The van der Waals surface area contributed by atoms with E-state index in [2.05, 4.69) is 26.0 Å². The van der Waals surface area contributed by atoms with Gasteiger partial charge in [-0.05, 0) is 25.0 Å². The van der Waals surface area contributed by atoms with Crippen molar-refractivity contribution in [1.29, 1.82) is 0 Å². The van der Waals surface area contributed by atoms with Gasteiger partial charge in [-0.1, -0.05) is 72.4 Å². The molecule has 1 atom stereocenters. The number of nitrogens with zero attached hydrogens (tertiary/aromatic N) is 4. The number of nitrogens with one attached hydrogen (secondary N) is 2. The topological polar surface area (TPSA) is 110 Å². The first-order valence-electron chi connectivity index (χ1n) is 9.08. The average Bonchev–Trinajstić information content (AvgIpc) is 3.11. The second kappa shape index (κ2) is 9.74. The number of thioether (sulfide) groups is 1. The number of amides is 1. The van der Waals surface area contributed by atoms with Gasteiger partial charge in [-0.2, -0.15) is 5.10 Å². The molecule has 2 aromatic carbocycles. The fourth-order valence-electron chi connectivity index (χ4n) is 2.57. The summed E-state index contributed by atoms with van der Waals surface area (Å²) in [4.78, 5) is 12.2. The summed E-state index contributed by atoms with van der Waals surface area (Å²) in [6.45, 7) is 3.83. The van der Waals surface area contributed by atoms with Crippen LogP contribution in [-0.4, -0.2) is 32.2 Å². The second-order valence-electron chi connectivity index (χ2n) is 6.34. The van der Waals surface area contributed by atoms with Gasteiger partial charge in [0.05, 0.1) is 17.5 Å². The van der Waals surface area contributed by atoms with E-state index in [4.69, 9.17) is 5.84 Å². The van der Waals surface area contributed by atoms with Crippen molar-refractivity contribution in [2.45, 2.75) is 25.0 Å². The zero-order valence-electron chi connectivity index (χ0n) is 16.2. The van der Waals surface area contributed by atoms with Crippen LogP contribution in [-0.2, 0) is 4.79 Å². The number of anilines is 1. The molecule has 0 spiro atoms. The third-order valence-electron chi connectivity index (χ3n) is 4.19. The maximum absolute atomic E-state index is 12.2. The quantitative estimate of drug-likeness (QED) is 0.228. The highest BCUT2D eigenvalue weighted by atomic mass is 32.2. The first kappa shape index (κ1) is 20.4. The predicted molar refractivity (Wildman–Crippen MR) is 116 cm³/mol. The zero-order valence-corrected chi connectivity index (χ0v) is 17.1.